The molecule has 1 fully saturated rings. The van der Waals surface area contributed by atoms with Gasteiger partial charge in [0, 0.05) is 25.0 Å². The van der Waals surface area contributed by atoms with E-state index in [1.165, 1.54) is 0 Å². The van der Waals surface area contributed by atoms with Gasteiger partial charge in [-0.2, -0.15) is 0 Å². The number of fused-ring (bicyclic) bond motifs is 1. The number of benzene rings is 1. The molecule has 3 rings (SSSR count). The van der Waals surface area contributed by atoms with E-state index >= 15 is 0 Å². The van der Waals surface area contributed by atoms with Gasteiger partial charge in [0.15, 0.2) is 0 Å². The van der Waals surface area contributed by atoms with Crippen molar-refractivity contribution in [2.45, 2.75) is 25.0 Å². The number of H-pyrrole nitrogens is 1. The normalized spacial score (nSPS) is 25.3. The number of nitrogen functional groups attached to an aromatic ring is 1. The molecular weight excluding hydrogens is 270 g/mol. The maximum atomic E-state index is 12.2. The molecule has 1 aromatic heterocycles. The van der Waals surface area contributed by atoms with E-state index in [0.29, 0.717) is 24.4 Å². The first kappa shape index (κ1) is 13.9. The number of amides is 1. The van der Waals surface area contributed by atoms with Crippen LogP contribution in [0.4, 0.5) is 5.69 Å². The number of anilines is 1. The Kier molecular flexibility index (Phi) is 3.35. The first-order valence-electron chi connectivity index (χ1n) is 6.99. The molecule has 2 atom stereocenters. The van der Waals surface area contributed by atoms with Gasteiger partial charge in [-0.1, -0.05) is 12.1 Å². The summed E-state index contributed by atoms with van der Waals surface area (Å²) in [6, 6.07) is 7.26. The van der Waals surface area contributed by atoms with E-state index in [1.54, 1.807) is 12.1 Å². The maximum absolute atomic E-state index is 12.2. The summed E-state index contributed by atoms with van der Waals surface area (Å²) in [5, 5.41) is 14.0. The van der Waals surface area contributed by atoms with E-state index in [0.717, 1.165) is 10.9 Å². The molecule has 0 aliphatic carbocycles. The van der Waals surface area contributed by atoms with E-state index in [2.05, 4.69) is 10.3 Å². The van der Waals surface area contributed by atoms with Crippen LogP contribution in [0.15, 0.2) is 24.3 Å². The SMILES string of the molecule is CC1OCCC1(O)CNC(=O)c1cc2cccc(N)c2[nH]1. The van der Waals surface area contributed by atoms with E-state index in [9.17, 15) is 9.90 Å². The largest absolute Gasteiger partial charge is 0.397 e. The zero-order valence-electron chi connectivity index (χ0n) is 11.8. The standard InChI is InChI=1S/C15H19N3O3/c1-9-15(20,5-6-21-9)8-17-14(19)12-7-10-3-2-4-11(16)13(10)18-12/h2-4,7,9,18,20H,5-6,8,16H2,1H3,(H,17,19). The molecule has 112 valence electrons. The van der Waals surface area contributed by atoms with Gasteiger partial charge >= 0.3 is 0 Å². The van der Waals surface area contributed by atoms with Crippen LogP contribution in [0.1, 0.15) is 23.8 Å². The number of nitrogens with one attached hydrogen (secondary N) is 2. The lowest BCUT2D eigenvalue weighted by Crippen LogP contribution is -2.47. The van der Waals surface area contributed by atoms with Crippen molar-refractivity contribution in [2.75, 3.05) is 18.9 Å². The highest BCUT2D eigenvalue weighted by Gasteiger charge is 2.39. The molecule has 2 aromatic rings. The summed E-state index contributed by atoms with van der Waals surface area (Å²) >= 11 is 0. The minimum Gasteiger partial charge on any atom is -0.397 e. The maximum Gasteiger partial charge on any atom is 0.267 e. The van der Waals surface area contributed by atoms with Crippen LogP contribution in [-0.4, -0.2) is 40.9 Å². The number of hydrogen-bond donors (Lipinski definition) is 4. The van der Waals surface area contributed by atoms with Gasteiger partial charge in [-0.05, 0) is 19.1 Å². The fourth-order valence-corrected chi connectivity index (χ4v) is 2.63. The van der Waals surface area contributed by atoms with Gasteiger partial charge < -0.3 is 25.9 Å². The lowest BCUT2D eigenvalue weighted by atomic mass is 9.97. The first-order valence-corrected chi connectivity index (χ1v) is 6.99. The van der Waals surface area contributed by atoms with Crippen molar-refractivity contribution in [3.8, 4) is 0 Å². The van der Waals surface area contributed by atoms with E-state index in [4.69, 9.17) is 10.5 Å². The monoisotopic (exact) mass is 289 g/mol. The topological polar surface area (TPSA) is 100 Å². The molecule has 0 saturated carbocycles. The zero-order chi connectivity index (χ0) is 15.0. The highest BCUT2D eigenvalue weighted by atomic mass is 16.5. The number of aromatic amines is 1. The van der Waals surface area contributed by atoms with Crippen molar-refractivity contribution in [2.24, 2.45) is 0 Å². The van der Waals surface area contributed by atoms with Gasteiger partial charge in [-0.15, -0.1) is 0 Å². The highest BCUT2D eigenvalue weighted by Crippen LogP contribution is 2.25. The number of carbonyl (C=O) groups is 1. The Morgan fingerprint density at radius 3 is 3.10 bits per heavy atom. The van der Waals surface area contributed by atoms with Gasteiger partial charge in [-0.3, -0.25) is 4.79 Å². The number of aromatic nitrogens is 1. The van der Waals surface area contributed by atoms with Gasteiger partial charge in [0.25, 0.3) is 5.91 Å². The van der Waals surface area contributed by atoms with Crippen molar-refractivity contribution < 1.29 is 14.6 Å². The Bertz CT molecular complexity index is 682. The summed E-state index contributed by atoms with van der Waals surface area (Å²) in [5.41, 5.74) is 6.64. The minimum atomic E-state index is -0.999. The predicted molar refractivity (Wildman–Crippen MR) is 80.0 cm³/mol. The Balaban J connectivity index is 1.74. The van der Waals surface area contributed by atoms with Gasteiger partial charge in [0.2, 0.25) is 0 Å². The van der Waals surface area contributed by atoms with Crippen molar-refractivity contribution in [3.63, 3.8) is 0 Å². The molecule has 0 bridgehead atoms. The third-order valence-corrected chi connectivity index (χ3v) is 4.15. The van der Waals surface area contributed by atoms with Gasteiger partial charge in [0.05, 0.1) is 17.3 Å². The number of aliphatic hydroxyl groups is 1. The highest BCUT2D eigenvalue weighted by molar-refractivity contribution is 6.00. The molecule has 1 aliphatic rings. The Morgan fingerprint density at radius 1 is 1.62 bits per heavy atom. The Labute approximate surface area is 122 Å². The average molecular weight is 289 g/mol. The van der Waals surface area contributed by atoms with Crippen molar-refractivity contribution in [1.29, 1.82) is 0 Å². The zero-order valence-corrected chi connectivity index (χ0v) is 11.8. The fourth-order valence-electron chi connectivity index (χ4n) is 2.63. The molecule has 2 heterocycles. The summed E-state index contributed by atoms with van der Waals surface area (Å²) in [7, 11) is 0. The number of para-hydroxylation sites is 1. The number of ether oxygens (including phenoxy) is 1. The second-order valence-electron chi connectivity index (χ2n) is 5.54. The number of hydrogen-bond acceptors (Lipinski definition) is 4. The second kappa shape index (κ2) is 5.05. The van der Waals surface area contributed by atoms with Crippen molar-refractivity contribution in [1.82, 2.24) is 10.3 Å². The summed E-state index contributed by atoms with van der Waals surface area (Å²) < 4.78 is 5.34. The average Bonchev–Trinajstić information content (AvgIpc) is 3.03. The van der Waals surface area contributed by atoms with Crippen LogP contribution in [0.3, 0.4) is 0 Å². The van der Waals surface area contributed by atoms with Crippen LogP contribution in [0.2, 0.25) is 0 Å². The molecule has 6 heteroatoms. The van der Waals surface area contributed by atoms with E-state index in [1.807, 2.05) is 19.1 Å². The molecule has 1 saturated heterocycles. The molecule has 1 aliphatic heterocycles. The predicted octanol–water partition coefficient (Wildman–Crippen LogP) is 1.02. The summed E-state index contributed by atoms with van der Waals surface area (Å²) in [6.07, 6.45) is 0.241. The number of nitrogens with two attached hydrogens (primary N) is 1. The molecular formula is C15H19N3O3. The van der Waals surface area contributed by atoms with Crippen LogP contribution in [0.25, 0.3) is 10.9 Å². The molecule has 0 radical (unpaired) electrons. The van der Waals surface area contributed by atoms with Gasteiger partial charge in [0.1, 0.15) is 11.3 Å². The van der Waals surface area contributed by atoms with Crippen LogP contribution in [-0.2, 0) is 4.74 Å². The van der Waals surface area contributed by atoms with E-state index < -0.39 is 5.60 Å². The summed E-state index contributed by atoms with van der Waals surface area (Å²) in [4.78, 5) is 15.2. The third kappa shape index (κ3) is 2.48. The van der Waals surface area contributed by atoms with Crippen LogP contribution in [0, 0.1) is 0 Å². The quantitative estimate of drug-likeness (QED) is 0.634. The summed E-state index contributed by atoms with van der Waals surface area (Å²) in [5.74, 6) is -0.266. The molecule has 1 amide bonds. The van der Waals surface area contributed by atoms with E-state index in [-0.39, 0.29) is 18.6 Å². The van der Waals surface area contributed by atoms with Crippen LogP contribution >= 0.6 is 0 Å². The number of carbonyl (C=O) groups excluding carboxylic acids is 1. The smallest absolute Gasteiger partial charge is 0.267 e. The number of rotatable bonds is 3. The minimum absolute atomic E-state index is 0.165. The fraction of sp³-hybridized carbons (Fsp3) is 0.400. The van der Waals surface area contributed by atoms with Gasteiger partial charge in [-0.25, -0.2) is 0 Å². The molecule has 2 unspecified atom stereocenters. The molecule has 5 N–H and O–H groups in total. The van der Waals surface area contributed by atoms with Crippen molar-refractivity contribution in [3.05, 3.63) is 30.0 Å². The van der Waals surface area contributed by atoms with Crippen LogP contribution in [0.5, 0.6) is 0 Å². The Hall–Kier alpha value is -2.05. The Morgan fingerprint density at radius 2 is 2.43 bits per heavy atom. The first-order chi connectivity index (χ1) is 9.99. The molecule has 0 spiro atoms. The molecule has 21 heavy (non-hydrogen) atoms. The van der Waals surface area contributed by atoms with Crippen molar-refractivity contribution >= 4 is 22.5 Å². The molecule has 6 nitrogen and oxygen atoms in total. The lowest BCUT2D eigenvalue weighted by Gasteiger charge is -2.25. The van der Waals surface area contributed by atoms with Crippen LogP contribution < -0.4 is 11.1 Å². The lowest BCUT2D eigenvalue weighted by molar-refractivity contribution is -0.0251. The third-order valence-electron chi connectivity index (χ3n) is 4.15. The summed E-state index contributed by atoms with van der Waals surface area (Å²) in [6.45, 7) is 2.48. The molecule has 1 aromatic carbocycles. The second-order valence-corrected chi connectivity index (χ2v) is 5.54.